The van der Waals surface area contributed by atoms with Gasteiger partial charge in [-0.2, -0.15) is 26.3 Å². The van der Waals surface area contributed by atoms with Crippen molar-refractivity contribution in [2.45, 2.75) is 50.7 Å². The molecule has 3 rings (SSSR count). The average Bonchev–Trinajstić information content (AvgIpc) is 3.17. The highest BCUT2D eigenvalue weighted by atomic mass is 35.5. The maximum Gasteiger partial charge on any atom is 0.416 e. The van der Waals surface area contributed by atoms with Crippen LogP contribution in [0.2, 0.25) is 10.0 Å². The van der Waals surface area contributed by atoms with Crippen molar-refractivity contribution in [3.05, 3.63) is 63.1 Å². The quantitative estimate of drug-likeness (QED) is 0.365. The number of urea groups is 1. The lowest BCUT2D eigenvalue weighted by Gasteiger charge is -2.24. The molecule has 2 aromatic rings. The van der Waals surface area contributed by atoms with Crippen LogP contribution in [-0.4, -0.2) is 41.8 Å². The SMILES string of the molecule is CC(C)(C)OC(=O)N1C[C@@H](NC(=O)Nc2cc(C(F)(F)F)cc(C(F)(F)F)c2)[C@H](c2ccc(Cl)c(Cl)c2)C1. The molecule has 208 valence electrons. The molecule has 0 aliphatic carbocycles. The van der Waals surface area contributed by atoms with Crippen molar-refractivity contribution in [2.75, 3.05) is 18.4 Å². The smallest absolute Gasteiger partial charge is 0.416 e. The van der Waals surface area contributed by atoms with Crippen LogP contribution >= 0.6 is 23.2 Å². The number of nitrogens with zero attached hydrogens (tertiary/aromatic N) is 1. The number of hydrogen-bond acceptors (Lipinski definition) is 3. The first kappa shape index (κ1) is 29.7. The van der Waals surface area contributed by atoms with Gasteiger partial charge < -0.3 is 20.3 Å². The highest BCUT2D eigenvalue weighted by Crippen LogP contribution is 2.38. The Hall–Kier alpha value is -2.86. The topological polar surface area (TPSA) is 70.7 Å². The molecule has 0 unspecified atom stereocenters. The molecule has 38 heavy (non-hydrogen) atoms. The van der Waals surface area contributed by atoms with E-state index < -0.39 is 58.9 Å². The molecule has 0 bridgehead atoms. The summed E-state index contributed by atoms with van der Waals surface area (Å²) in [6.45, 7) is 5.05. The minimum Gasteiger partial charge on any atom is -0.444 e. The molecule has 1 saturated heterocycles. The summed E-state index contributed by atoms with van der Waals surface area (Å²) < 4.78 is 84.4. The number of halogens is 8. The molecule has 1 heterocycles. The molecule has 2 atom stereocenters. The summed E-state index contributed by atoms with van der Waals surface area (Å²) >= 11 is 12.1. The van der Waals surface area contributed by atoms with Crippen molar-refractivity contribution in [2.24, 2.45) is 0 Å². The van der Waals surface area contributed by atoms with E-state index in [0.29, 0.717) is 17.7 Å². The Morgan fingerprint density at radius 3 is 1.97 bits per heavy atom. The number of anilines is 1. The summed E-state index contributed by atoms with van der Waals surface area (Å²) in [4.78, 5) is 26.7. The van der Waals surface area contributed by atoms with Gasteiger partial charge in [0, 0.05) is 24.7 Å². The Morgan fingerprint density at radius 1 is 0.895 bits per heavy atom. The number of benzene rings is 2. The van der Waals surface area contributed by atoms with Gasteiger partial charge in [0.2, 0.25) is 0 Å². The summed E-state index contributed by atoms with van der Waals surface area (Å²) in [7, 11) is 0. The van der Waals surface area contributed by atoms with Gasteiger partial charge in [-0.1, -0.05) is 29.3 Å². The van der Waals surface area contributed by atoms with Gasteiger partial charge in [-0.3, -0.25) is 0 Å². The molecule has 0 radical (unpaired) electrons. The third kappa shape index (κ3) is 7.59. The summed E-state index contributed by atoms with van der Waals surface area (Å²) in [6.07, 6.45) is -10.8. The minimum atomic E-state index is -5.08. The summed E-state index contributed by atoms with van der Waals surface area (Å²) in [5.41, 5.74) is -4.08. The van der Waals surface area contributed by atoms with E-state index in [-0.39, 0.29) is 29.2 Å². The second-order valence-corrected chi connectivity index (χ2v) is 10.5. The average molecular weight is 586 g/mol. The predicted octanol–water partition coefficient (Wildman–Crippen LogP) is 7.56. The molecule has 3 amide bonds. The molecule has 1 aliphatic heterocycles. The Kier molecular flexibility index (Phi) is 8.38. The van der Waals surface area contributed by atoms with Gasteiger partial charge in [0.15, 0.2) is 0 Å². The van der Waals surface area contributed by atoms with Gasteiger partial charge in [0.25, 0.3) is 0 Å². The zero-order valence-electron chi connectivity index (χ0n) is 20.2. The third-order valence-corrected chi connectivity index (χ3v) is 6.24. The van der Waals surface area contributed by atoms with Crippen molar-refractivity contribution >= 4 is 41.0 Å². The van der Waals surface area contributed by atoms with E-state index in [9.17, 15) is 35.9 Å². The summed E-state index contributed by atoms with van der Waals surface area (Å²) in [6, 6.07) is 3.58. The normalized spacial score (nSPS) is 18.3. The van der Waals surface area contributed by atoms with Gasteiger partial charge >= 0.3 is 24.5 Å². The van der Waals surface area contributed by atoms with Gasteiger partial charge in [-0.05, 0) is 56.7 Å². The van der Waals surface area contributed by atoms with Gasteiger partial charge in [-0.15, -0.1) is 0 Å². The highest BCUT2D eigenvalue weighted by molar-refractivity contribution is 6.42. The van der Waals surface area contributed by atoms with E-state index in [2.05, 4.69) is 5.32 Å². The lowest BCUT2D eigenvalue weighted by Crippen LogP contribution is -2.43. The van der Waals surface area contributed by atoms with Crippen LogP contribution in [0.4, 0.5) is 41.6 Å². The molecule has 14 heteroatoms. The lowest BCUT2D eigenvalue weighted by atomic mass is 9.94. The third-order valence-electron chi connectivity index (χ3n) is 5.51. The maximum atomic E-state index is 13.2. The zero-order valence-corrected chi connectivity index (χ0v) is 21.7. The van der Waals surface area contributed by atoms with Crippen LogP contribution in [0, 0.1) is 0 Å². The Labute approximate surface area is 224 Å². The fourth-order valence-electron chi connectivity index (χ4n) is 3.87. The van der Waals surface area contributed by atoms with Gasteiger partial charge in [-0.25, -0.2) is 9.59 Å². The number of amides is 3. The standard InChI is InChI=1S/C24H23Cl2F6N3O3/c1-22(2,3)38-21(37)35-10-16(12-4-5-17(25)18(26)6-12)19(11-35)34-20(36)33-15-8-13(23(27,28)29)7-14(9-15)24(30,31)32/h4-9,16,19H,10-11H2,1-3H3,(H2,33,34,36)/t16-,19+/m0/s1. The molecular weight excluding hydrogens is 563 g/mol. The fourth-order valence-corrected chi connectivity index (χ4v) is 4.18. The molecule has 2 aromatic carbocycles. The molecule has 0 saturated carbocycles. The van der Waals surface area contributed by atoms with E-state index in [4.69, 9.17) is 27.9 Å². The van der Waals surface area contributed by atoms with Crippen LogP contribution < -0.4 is 10.6 Å². The van der Waals surface area contributed by atoms with Crippen molar-refractivity contribution in [3.63, 3.8) is 0 Å². The van der Waals surface area contributed by atoms with E-state index in [0.717, 1.165) is 0 Å². The number of carbonyl (C=O) groups is 2. The number of carbonyl (C=O) groups excluding carboxylic acids is 2. The molecule has 2 N–H and O–H groups in total. The second-order valence-electron chi connectivity index (χ2n) is 9.66. The number of rotatable bonds is 3. The Balaban J connectivity index is 1.86. The van der Waals surface area contributed by atoms with Crippen molar-refractivity contribution < 1.29 is 40.7 Å². The van der Waals surface area contributed by atoms with Crippen LogP contribution in [0.3, 0.4) is 0 Å². The molecule has 1 fully saturated rings. The number of ether oxygens (including phenoxy) is 1. The van der Waals surface area contributed by atoms with E-state index in [1.807, 2.05) is 5.32 Å². The van der Waals surface area contributed by atoms with Crippen molar-refractivity contribution in [1.82, 2.24) is 10.2 Å². The minimum absolute atomic E-state index is 0.0426. The monoisotopic (exact) mass is 585 g/mol. The van der Waals surface area contributed by atoms with Gasteiger partial charge in [0.1, 0.15) is 5.60 Å². The first-order valence-electron chi connectivity index (χ1n) is 11.1. The molecule has 0 aromatic heterocycles. The van der Waals surface area contributed by atoms with Gasteiger partial charge in [0.05, 0.1) is 27.2 Å². The Bertz CT molecular complexity index is 1180. The largest absolute Gasteiger partial charge is 0.444 e. The van der Waals surface area contributed by atoms with Crippen molar-refractivity contribution in [1.29, 1.82) is 0 Å². The first-order chi connectivity index (χ1) is 17.3. The lowest BCUT2D eigenvalue weighted by molar-refractivity contribution is -0.143. The summed E-state index contributed by atoms with van der Waals surface area (Å²) in [5.74, 6) is -0.546. The van der Waals surface area contributed by atoms with E-state index >= 15 is 0 Å². The van der Waals surface area contributed by atoms with Crippen LogP contribution in [-0.2, 0) is 17.1 Å². The predicted molar refractivity (Wildman–Crippen MR) is 129 cm³/mol. The fraction of sp³-hybridized carbons (Fsp3) is 0.417. The molecular formula is C24H23Cl2F6N3O3. The second kappa shape index (κ2) is 10.7. The molecule has 6 nitrogen and oxygen atoms in total. The van der Waals surface area contributed by atoms with E-state index in [1.54, 1.807) is 32.9 Å². The molecule has 1 aliphatic rings. The number of nitrogens with one attached hydrogen (secondary N) is 2. The van der Waals surface area contributed by atoms with Crippen molar-refractivity contribution in [3.8, 4) is 0 Å². The number of hydrogen-bond donors (Lipinski definition) is 2. The van der Waals surface area contributed by atoms with Crippen LogP contribution in [0.25, 0.3) is 0 Å². The Morgan fingerprint density at radius 2 is 1.47 bits per heavy atom. The maximum absolute atomic E-state index is 13.2. The van der Waals surface area contributed by atoms with Crippen LogP contribution in [0.5, 0.6) is 0 Å². The molecule has 0 spiro atoms. The summed E-state index contributed by atoms with van der Waals surface area (Å²) in [5, 5.41) is 5.06. The number of alkyl halides is 6. The highest BCUT2D eigenvalue weighted by Gasteiger charge is 2.40. The first-order valence-corrected chi connectivity index (χ1v) is 11.9. The zero-order chi connectivity index (χ0) is 28.6. The number of likely N-dealkylation sites (tertiary alicyclic amines) is 1. The van der Waals surface area contributed by atoms with Crippen LogP contribution in [0.15, 0.2) is 36.4 Å². The van der Waals surface area contributed by atoms with E-state index in [1.165, 1.54) is 11.0 Å². The van der Waals surface area contributed by atoms with Crippen LogP contribution in [0.1, 0.15) is 43.4 Å².